The van der Waals surface area contributed by atoms with E-state index in [9.17, 15) is 0 Å². The molecule has 2 heterocycles. The molecule has 1 atom stereocenters. The van der Waals surface area contributed by atoms with Gasteiger partial charge in [0.25, 0.3) is 0 Å². The van der Waals surface area contributed by atoms with E-state index in [2.05, 4.69) is 47.3 Å². The van der Waals surface area contributed by atoms with Gasteiger partial charge in [-0.05, 0) is 6.07 Å². The standard InChI is InChI=1S/C12H12NS2.BrH/c1-9-8-12-13(6-7-14-12)10-4-2-3-5-11(10)15-9;/h2-7,9H,8H2,1H3;1H/q+1;/p-1. The Morgan fingerprint density at radius 1 is 1.31 bits per heavy atom. The van der Waals surface area contributed by atoms with Crippen molar-refractivity contribution in [2.75, 3.05) is 0 Å². The zero-order valence-electron chi connectivity index (χ0n) is 8.89. The van der Waals surface area contributed by atoms with Gasteiger partial charge >= 0.3 is 0 Å². The van der Waals surface area contributed by atoms with Gasteiger partial charge in [0.15, 0.2) is 6.20 Å². The zero-order chi connectivity index (χ0) is 10.3. The Labute approximate surface area is 114 Å². The summed E-state index contributed by atoms with van der Waals surface area (Å²) in [5.41, 5.74) is 1.34. The molecule has 0 radical (unpaired) electrons. The molecule has 1 unspecified atom stereocenters. The molecule has 16 heavy (non-hydrogen) atoms. The molecule has 0 fully saturated rings. The Kier molecular flexibility index (Phi) is 3.72. The largest absolute Gasteiger partial charge is 1.00 e. The normalized spacial score (nSPS) is 17.9. The summed E-state index contributed by atoms with van der Waals surface area (Å²) in [7, 11) is 0. The summed E-state index contributed by atoms with van der Waals surface area (Å²) in [5, 5.41) is 4.30. The van der Waals surface area contributed by atoms with Gasteiger partial charge in [-0.15, -0.1) is 11.8 Å². The Bertz CT molecular complexity index is 495. The molecular formula is C12H12BrNS2. The zero-order valence-corrected chi connectivity index (χ0v) is 12.1. The number of thiazole rings is 1. The third-order valence-corrected chi connectivity index (χ3v) is 4.66. The number of hydrogen-bond donors (Lipinski definition) is 0. The SMILES string of the molecule is CC1Cc2scc[n+]2-c2ccccc2S1.[Br-]. The van der Waals surface area contributed by atoms with Crippen molar-refractivity contribution < 1.29 is 21.5 Å². The number of rotatable bonds is 0. The van der Waals surface area contributed by atoms with E-state index < -0.39 is 0 Å². The van der Waals surface area contributed by atoms with Crippen LogP contribution in [0.4, 0.5) is 0 Å². The van der Waals surface area contributed by atoms with Crippen LogP contribution in [0, 0.1) is 0 Å². The maximum absolute atomic E-state index is 2.33. The van der Waals surface area contributed by atoms with E-state index in [0.29, 0.717) is 5.25 Å². The van der Waals surface area contributed by atoms with Crippen LogP contribution in [-0.4, -0.2) is 5.25 Å². The van der Waals surface area contributed by atoms with Crippen LogP contribution in [0.15, 0.2) is 40.7 Å². The van der Waals surface area contributed by atoms with Gasteiger partial charge in [0, 0.05) is 11.3 Å². The number of fused-ring (bicyclic) bond motifs is 3. The van der Waals surface area contributed by atoms with Gasteiger partial charge in [0.2, 0.25) is 10.7 Å². The van der Waals surface area contributed by atoms with Crippen molar-refractivity contribution in [3.05, 3.63) is 40.8 Å². The van der Waals surface area contributed by atoms with Crippen molar-refractivity contribution in [1.82, 2.24) is 0 Å². The maximum atomic E-state index is 2.33. The topological polar surface area (TPSA) is 3.88 Å². The lowest BCUT2D eigenvalue weighted by molar-refractivity contribution is -0.600. The first-order valence-electron chi connectivity index (χ1n) is 5.08. The first kappa shape index (κ1) is 12.1. The Morgan fingerprint density at radius 3 is 3.00 bits per heavy atom. The molecule has 0 spiro atoms. The van der Waals surface area contributed by atoms with E-state index in [4.69, 9.17) is 0 Å². The van der Waals surface area contributed by atoms with E-state index >= 15 is 0 Å². The lowest BCUT2D eigenvalue weighted by Crippen LogP contribution is -3.00. The van der Waals surface area contributed by atoms with Crippen molar-refractivity contribution in [2.45, 2.75) is 23.5 Å². The second-order valence-electron chi connectivity index (χ2n) is 3.77. The van der Waals surface area contributed by atoms with Crippen molar-refractivity contribution >= 4 is 23.1 Å². The smallest absolute Gasteiger partial charge is 0.244 e. The predicted octanol–water partition coefficient (Wildman–Crippen LogP) is 0.0655. The highest BCUT2D eigenvalue weighted by Crippen LogP contribution is 2.32. The molecule has 0 saturated carbocycles. The number of para-hydroxylation sites is 1. The van der Waals surface area contributed by atoms with E-state index in [1.165, 1.54) is 15.6 Å². The Balaban J connectivity index is 0.000000963. The summed E-state index contributed by atoms with van der Waals surface area (Å²) < 4.78 is 2.33. The maximum Gasteiger partial charge on any atom is 0.244 e. The minimum Gasteiger partial charge on any atom is -1.00 e. The highest BCUT2D eigenvalue weighted by molar-refractivity contribution is 8.00. The molecule has 0 saturated heterocycles. The molecule has 4 heteroatoms. The first-order chi connectivity index (χ1) is 7.34. The fourth-order valence-electron chi connectivity index (χ4n) is 1.93. The van der Waals surface area contributed by atoms with Gasteiger partial charge in [-0.1, -0.05) is 30.4 Å². The number of aromatic nitrogens is 1. The molecule has 0 bridgehead atoms. The molecule has 0 aliphatic carbocycles. The number of benzene rings is 1. The highest BCUT2D eigenvalue weighted by Gasteiger charge is 2.26. The van der Waals surface area contributed by atoms with Crippen LogP contribution in [0.2, 0.25) is 0 Å². The third kappa shape index (κ3) is 2.06. The first-order valence-corrected chi connectivity index (χ1v) is 6.84. The second kappa shape index (κ2) is 4.90. The monoisotopic (exact) mass is 313 g/mol. The van der Waals surface area contributed by atoms with Crippen molar-refractivity contribution in [2.24, 2.45) is 0 Å². The molecule has 1 aromatic carbocycles. The second-order valence-corrected chi connectivity index (χ2v) is 6.23. The quantitative estimate of drug-likeness (QED) is 0.622. The fourth-order valence-corrected chi connectivity index (χ4v) is 4.11. The van der Waals surface area contributed by atoms with Crippen LogP contribution in [0.25, 0.3) is 5.69 Å². The van der Waals surface area contributed by atoms with Gasteiger partial charge in [-0.25, -0.2) is 0 Å². The van der Waals surface area contributed by atoms with E-state index in [0.717, 1.165) is 6.42 Å². The summed E-state index contributed by atoms with van der Waals surface area (Å²) in [6.45, 7) is 2.30. The van der Waals surface area contributed by atoms with Crippen LogP contribution >= 0.6 is 23.1 Å². The van der Waals surface area contributed by atoms with Gasteiger partial charge < -0.3 is 17.0 Å². The van der Waals surface area contributed by atoms with Gasteiger partial charge in [-0.3, -0.25) is 0 Å². The van der Waals surface area contributed by atoms with Crippen LogP contribution in [0.1, 0.15) is 11.9 Å². The molecule has 3 rings (SSSR count). The van der Waals surface area contributed by atoms with Gasteiger partial charge in [-0.2, -0.15) is 4.57 Å². The summed E-state index contributed by atoms with van der Waals surface area (Å²) in [6, 6.07) is 8.66. The van der Waals surface area contributed by atoms with Crippen molar-refractivity contribution in [3.63, 3.8) is 0 Å². The van der Waals surface area contributed by atoms with Gasteiger partial charge in [0.1, 0.15) is 0 Å². The minimum atomic E-state index is 0. The van der Waals surface area contributed by atoms with E-state index in [1.807, 2.05) is 23.1 Å². The lowest BCUT2D eigenvalue weighted by Gasteiger charge is -2.03. The molecule has 0 amide bonds. The van der Waals surface area contributed by atoms with Gasteiger partial charge in [0.05, 0.1) is 16.7 Å². The summed E-state index contributed by atoms with van der Waals surface area (Å²) >= 11 is 3.84. The van der Waals surface area contributed by atoms with E-state index in [-0.39, 0.29) is 17.0 Å². The molecule has 1 nitrogen and oxygen atoms in total. The molecule has 1 aliphatic heterocycles. The molecule has 1 aromatic heterocycles. The third-order valence-electron chi connectivity index (χ3n) is 2.60. The molecule has 2 aromatic rings. The number of hydrogen-bond acceptors (Lipinski definition) is 2. The number of nitrogens with zero attached hydrogens (tertiary/aromatic N) is 1. The molecular weight excluding hydrogens is 302 g/mol. The average molecular weight is 314 g/mol. The Hall–Kier alpha value is -0.320. The fraction of sp³-hybridized carbons (Fsp3) is 0.250. The highest BCUT2D eigenvalue weighted by atomic mass is 79.9. The van der Waals surface area contributed by atoms with Crippen LogP contribution in [0.5, 0.6) is 0 Å². The lowest BCUT2D eigenvalue weighted by atomic mass is 10.3. The van der Waals surface area contributed by atoms with Crippen LogP contribution in [0.3, 0.4) is 0 Å². The van der Waals surface area contributed by atoms with Crippen LogP contribution < -0.4 is 21.5 Å². The van der Waals surface area contributed by atoms with Crippen LogP contribution in [-0.2, 0) is 6.42 Å². The number of halogens is 1. The predicted molar refractivity (Wildman–Crippen MR) is 64.9 cm³/mol. The minimum absolute atomic E-state index is 0. The number of thioether (sulfide) groups is 1. The van der Waals surface area contributed by atoms with E-state index in [1.54, 1.807) is 0 Å². The molecule has 1 aliphatic rings. The average Bonchev–Trinajstić information content (AvgIpc) is 2.62. The summed E-state index contributed by atoms with van der Waals surface area (Å²) in [5.74, 6) is 0. The van der Waals surface area contributed by atoms with Crippen molar-refractivity contribution in [1.29, 1.82) is 0 Å². The molecule has 0 N–H and O–H groups in total. The summed E-state index contributed by atoms with van der Waals surface area (Å²) in [4.78, 5) is 1.40. The molecule has 84 valence electrons. The summed E-state index contributed by atoms with van der Waals surface area (Å²) in [6.07, 6.45) is 3.34. The van der Waals surface area contributed by atoms with Crippen molar-refractivity contribution in [3.8, 4) is 5.69 Å². The Morgan fingerprint density at radius 2 is 2.12 bits per heavy atom.